The van der Waals surface area contributed by atoms with Crippen LogP contribution in [0.5, 0.6) is 0 Å². The fourth-order valence-electron chi connectivity index (χ4n) is 3.88. The largest absolute Gasteiger partial charge is 0.362 e. The van der Waals surface area contributed by atoms with Crippen LogP contribution in [0.25, 0.3) is 5.65 Å². The number of aromatic nitrogens is 3. The molecule has 3 amide bonds. The van der Waals surface area contributed by atoms with Gasteiger partial charge in [0.25, 0.3) is 5.92 Å². The molecule has 8 nitrogen and oxygen atoms in total. The van der Waals surface area contributed by atoms with Gasteiger partial charge in [-0.25, -0.2) is 23.1 Å². The fourth-order valence-corrected chi connectivity index (χ4v) is 3.88. The van der Waals surface area contributed by atoms with E-state index in [1.54, 1.807) is 23.4 Å². The Kier molecular flexibility index (Phi) is 2.91. The van der Waals surface area contributed by atoms with E-state index in [0.717, 1.165) is 0 Å². The molecule has 1 atom stereocenters. The predicted molar refractivity (Wildman–Crippen MR) is 86.1 cm³/mol. The molecule has 4 heterocycles. The SMILES string of the molecule is O=C1NCC(c2cc(N3CC(F)(F)C4(CC4)C3)c3nccn3n2)C(=O)N1. The Balaban J connectivity index is 1.57. The molecule has 2 aromatic rings. The summed E-state index contributed by atoms with van der Waals surface area (Å²) in [6.45, 7) is 0.00352. The van der Waals surface area contributed by atoms with Crippen LogP contribution in [0.3, 0.4) is 0 Å². The number of rotatable bonds is 2. The number of hydrogen-bond acceptors (Lipinski definition) is 5. The number of alkyl halides is 2. The molecule has 3 fully saturated rings. The number of nitrogens with zero attached hydrogens (tertiary/aromatic N) is 4. The predicted octanol–water partition coefficient (Wildman–Crippen LogP) is 0.888. The van der Waals surface area contributed by atoms with E-state index in [4.69, 9.17) is 0 Å². The van der Waals surface area contributed by atoms with Crippen LogP contribution in [0.4, 0.5) is 19.3 Å². The summed E-state index contributed by atoms with van der Waals surface area (Å²) < 4.78 is 30.3. The van der Waals surface area contributed by atoms with Gasteiger partial charge >= 0.3 is 6.03 Å². The van der Waals surface area contributed by atoms with Gasteiger partial charge in [-0.1, -0.05) is 0 Å². The molecule has 2 aromatic heterocycles. The van der Waals surface area contributed by atoms with Gasteiger partial charge in [-0.05, 0) is 18.9 Å². The van der Waals surface area contributed by atoms with Crippen molar-refractivity contribution in [2.24, 2.45) is 5.41 Å². The summed E-state index contributed by atoms with van der Waals surface area (Å²) in [5.41, 5.74) is 0.481. The first-order valence-electron chi connectivity index (χ1n) is 8.44. The first kappa shape index (κ1) is 15.5. The third-order valence-electron chi connectivity index (χ3n) is 5.59. The average molecular weight is 362 g/mol. The third kappa shape index (κ3) is 2.10. The lowest BCUT2D eigenvalue weighted by molar-refractivity contribution is -0.122. The average Bonchev–Trinajstić information content (AvgIpc) is 3.13. The van der Waals surface area contributed by atoms with Crippen LogP contribution in [0, 0.1) is 5.41 Å². The molecule has 1 unspecified atom stereocenters. The molecule has 0 radical (unpaired) electrons. The highest BCUT2D eigenvalue weighted by Crippen LogP contribution is 2.61. The lowest BCUT2D eigenvalue weighted by Gasteiger charge is -2.24. The van der Waals surface area contributed by atoms with E-state index in [9.17, 15) is 18.4 Å². The standard InChI is InChI=1S/C16H16F2N6O2/c17-16(18)8-23(7-15(16)1-2-15)11-5-10(22-24-4-3-19-12(11)24)9-6-20-14(26)21-13(9)25/h3-5,9H,1-2,6-8H2,(H2,20,21,25,26). The summed E-state index contributed by atoms with van der Waals surface area (Å²) in [4.78, 5) is 29.3. The highest BCUT2D eigenvalue weighted by Gasteiger charge is 2.67. The molecule has 2 N–H and O–H groups in total. The number of fused-ring (bicyclic) bond motifs is 1. The van der Waals surface area contributed by atoms with Crippen LogP contribution < -0.4 is 15.5 Å². The zero-order valence-electron chi connectivity index (χ0n) is 13.7. The molecule has 0 bridgehead atoms. The summed E-state index contributed by atoms with van der Waals surface area (Å²) in [5.74, 6) is -3.88. The first-order chi connectivity index (χ1) is 12.4. The first-order valence-corrected chi connectivity index (χ1v) is 8.44. The Morgan fingerprint density at radius 2 is 2.04 bits per heavy atom. The summed E-state index contributed by atoms with van der Waals surface area (Å²) >= 11 is 0. The van der Waals surface area contributed by atoms with Crippen molar-refractivity contribution in [3.05, 3.63) is 24.2 Å². The van der Waals surface area contributed by atoms with Crippen molar-refractivity contribution in [3.8, 4) is 0 Å². The quantitative estimate of drug-likeness (QED) is 0.828. The smallest absolute Gasteiger partial charge is 0.321 e. The Morgan fingerprint density at radius 1 is 1.23 bits per heavy atom. The van der Waals surface area contributed by atoms with Crippen molar-refractivity contribution in [1.82, 2.24) is 25.2 Å². The minimum absolute atomic E-state index is 0.109. The van der Waals surface area contributed by atoms with Gasteiger partial charge in [0.05, 0.1) is 29.3 Å². The van der Waals surface area contributed by atoms with Crippen molar-refractivity contribution in [2.75, 3.05) is 24.5 Å². The molecule has 0 aromatic carbocycles. The zero-order valence-corrected chi connectivity index (χ0v) is 13.7. The number of carbonyl (C=O) groups is 2. The van der Waals surface area contributed by atoms with Crippen molar-refractivity contribution >= 4 is 23.3 Å². The summed E-state index contributed by atoms with van der Waals surface area (Å²) in [6.07, 6.45) is 4.20. The Bertz CT molecular complexity index is 932. The van der Waals surface area contributed by atoms with Crippen LogP contribution in [0.2, 0.25) is 0 Å². The van der Waals surface area contributed by atoms with E-state index in [1.165, 1.54) is 4.52 Å². The van der Waals surface area contributed by atoms with Crippen molar-refractivity contribution in [1.29, 1.82) is 0 Å². The van der Waals surface area contributed by atoms with Gasteiger partial charge in [0.2, 0.25) is 5.91 Å². The zero-order chi connectivity index (χ0) is 18.1. The molecule has 3 aliphatic rings. The molecule has 10 heteroatoms. The second-order valence-electron chi connectivity index (χ2n) is 7.24. The van der Waals surface area contributed by atoms with Gasteiger partial charge in [0, 0.05) is 25.5 Å². The summed E-state index contributed by atoms with van der Waals surface area (Å²) in [6, 6.07) is 1.09. The van der Waals surface area contributed by atoms with Crippen LogP contribution in [-0.4, -0.2) is 52.1 Å². The number of amides is 3. The van der Waals surface area contributed by atoms with E-state index in [2.05, 4.69) is 20.7 Å². The normalized spacial score (nSPS) is 26.2. The maximum atomic E-state index is 14.4. The van der Waals surface area contributed by atoms with Crippen LogP contribution in [-0.2, 0) is 4.79 Å². The third-order valence-corrected chi connectivity index (χ3v) is 5.59. The maximum Gasteiger partial charge on any atom is 0.321 e. The van der Waals surface area contributed by atoms with E-state index in [0.29, 0.717) is 29.9 Å². The Labute approximate surface area is 146 Å². The highest BCUT2D eigenvalue weighted by molar-refractivity contribution is 6.00. The maximum absolute atomic E-state index is 14.4. The second-order valence-corrected chi connectivity index (χ2v) is 7.24. The number of nitrogens with one attached hydrogen (secondary N) is 2. The number of anilines is 1. The molecule has 2 aliphatic heterocycles. The number of imide groups is 1. The van der Waals surface area contributed by atoms with E-state index >= 15 is 0 Å². The Morgan fingerprint density at radius 3 is 2.73 bits per heavy atom. The molecule has 26 heavy (non-hydrogen) atoms. The minimum Gasteiger partial charge on any atom is -0.362 e. The minimum atomic E-state index is -2.74. The second kappa shape index (κ2) is 4.89. The summed E-state index contributed by atoms with van der Waals surface area (Å²) in [5, 5.41) is 9.15. The molecular weight excluding hydrogens is 346 g/mol. The monoisotopic (exact) mass is 362 g/mol. The molecule has 5 rings (SSSR count). The van der Waals surface area contributed by atoms with Crippen molar-refractivity contribution < 1.29 is 18.4 Å². The summed E-state index contributed by atoms with van der Waals surface area (Å²) in [7, 11) is 0. The number of urea groups is 1. The van der Waals surface area contributed by atoms with Crippen molar-refractivity contribution in [3.63, 3.8) is 0 Å². The van der Waals surface area contributed by atoms with Crippen LogP contribution in [0.1, 0.15) is 24.5 Å². The van der Waals surface area contributed by atoms with Gasteiger partial charge in [0.15, 0.2) is 5.65 Å². The number of carbonyl (C=O) groups excluding carboxylic acids is 2. The van der Waals surface area contributed by atoms with Crippen LogP contribution in [0.15, 0.2) is 18.5 Å². The fraction of sp³-hybridized carbons (Fsp3) is 0.500. The molecule has 136 valence electrons. The molecule has 1 aliphatic carbocycles. The molecule has 1 saturated carbocycles. The van der Waals surface area contributed by atoms with Gasteiger partial charge in [-0.2, -0.15) is 5.10 Å². The molecule has 2 saturated heterocycles. The van der Waals surface area contributed by atoms with Crippen molar-refractivity contribution in [2.45, 2.75) is 24.7 Å². The number of imidazole rings is 1. The van der Waals surface area contributed by atoms with E-state index in [1.807, 2.05) is 0 Å². The van der Waals surface area contributed by atoms with Gasteiger partial charge in [-0.3, -0.25) is 10.1 Å². The van der Waals surface area contributed by atoms with Gasteiger partial charge < -0.3 is 10.2 Å². The topological polar surface area (TPSA) is 91.6 Å². The highest BCUT2D eigenvalue weighted by atomic mass is 19.3. The molecule has 1 spiro atoms. The van der Waals surface area contributed by atoms with Gasteiger partial charge in [0.1, 0.15) is 0 Å². The van der Waals surface area contributed by atoms with E-state index in [-0.39, 0.29) is 19.6 Å². The van der Waals surface area contributed by atoms with E-state index < -0.39 is 29.2 Å². The number of halogens is 2. The number of hydrogen-bond donors (Lipinski definition) is 2. The molecular formula is C16H16F2N6O2. The van der Waals surface area contributed by atoms with Crippen LogP contribution >= 0.6 is 0 Å². The lowest BCUT2D eigenvalue weighted by Crippen LogP contribution is -2.51. The lowest BCUT2D eigenvalue weighted by atomic mass is 10.0. The van der Waals surface area contributed by atoms with Gasteiger partial charge in [-0.15, -0.1) is 0 Å². The Hall–Kier alpha value is -2.78.